The fraction of sp³-hybridized carbons (Fsp3) is 0.667. The van der Waals surface area contributed by atoms with E-state index in [-0.39, 0.29) is 138 Å². The quantitative estimate of drug-likeness (QED) is 0.0119. The number of nitrogens with zero attached hydrogens (tertiary/aromatic N) is 5. The van der Waals surface area contributed by atoms with E-state index in [4.69, 9.17) is 79.6 Å². The summed E-state index contributed by atoms with van der Waals surface area (Å²) < 4.78 is 0. The Balaban J connectivity index is 6.76. The van der Waals surface area contributed by atoms with E-state index in [0.717, 1.165) is 21.6 Å². The maximum atomic E-state index is 14.2. The van der Waals surface area contributed by atoms with Gasteiger partial charge in [-0.3, -0.25) is 58.5 Å². The lowest BCUT2D eigenvalue weighted by Crippen LogP contribution is -2.59. The zero-order valence-corrected chi connectivity index (χ0v) is 40.1. The molecule has 7 atom stereocenters. The third kappa shape index (κ3) is 31.0. The number of primary amides is 1. The first kappa shape index (κ1) is 62.3. The zero-order valence-electron chi connectivity index (χ0n) is 38.4. The number of rotatable bonds is 37. The molecule has 0 heterocycles. The number of aliphatic imine (C=N–C) groups is 5. The highest BCUT2D eigenvalue weighted by Crippen LogP contribution is 2.22. The Morgan fingerprint density at radius 2 is 0.609 bits per heavy atom. The van der Waals surface area contributed by atoms with Crippen LogP contribution in [0, 0.1) is 0 Å². The van der Waals surface area contributed by atoms with Gasteiger partial charge in [-0.15, -0.1) is 0 Å². The van der Waals surface area contributed by atoms with Crippen LogP contribution in [0.1, 0.15) is 64.2 Å². The number of amides is 6. The summed E-state index contributed by atoms with van der Waals surface area (Å²) in [7, 11) is 2.19. The molecule has 0 aromatic carbocycles. The second kappa shape index (κ2) is 35.4. The van der Waals surface area contributed by atoms with E-state index in [0.29, 0.717) is 0 Å². The van der Waals surface area contributed by atoms with E-state index >= 15 is 0 Å². The molecule has 0 aromatic rings. The topological polar surface area (TPSA) is 600 Å². The van der Waals surface area contributed by atoms with Crippen LogP contribution in [-0.4, -0.2) is 163 Å². The van der Waals surface area contributed by atoms with E-state index in [1.165, 1.54) is 0 Å². The van der Waals surface area contributed by atoms with Gasteiger partial charge in [-0.1, -0.05) is 21.6 Å². The number of hydrogen-bond donors (Lipinski definition) is 19. The molecule has 0 spiro atoms. The molecule has 33 heteroatoms. The number of carbonyl (C=O) groups is 7. The Labute approximate surface area is 407 Å². The second-order valence-electron chi connectivity index (χ2n) is 15.1. The van der Waals surface area contributed by atoms with E-state index in [1.807, 2.05) is 0 Å². The lowest BCUT2D eigenvalue weighted by molar-refractivity contribution is -0.138. The molecule has 0 bridgehead atoms. The first-order valence-electron chi connectivity index (χ1n) is 21.5. The third-order valence-electron chi connectivity index (χ3n) is 9.15. The molecule has 0 aliphatic carbocycles. The highest BCUT2D eigenvalue weighted by Gasteiger charge is 2.32. The molecule has 0 aromatic heterocycles. The molecule has 392 valence electrons. The molecule has 0 aliphatic heterocycles. The van der Waals surface area contributed by atoms with Gasteiger partial charge in [-0.05, 0) is 64.2 Å². The fourth-order valence-corrected chi connectivity index (χ4v) is 7.87. The molecule has 0 fully saturated rings. The van der Waals surface area contributed by atoms with Crippen LogP contribution in [0.5, 0.6) is 0 Å². The Morgan fingerprint density at radius 3 is 0.855 bits per heavy atom. The molecule has 0 saturated carbocycles. The number of carbonyl (C=O) groups excluding carboxylic acids is 6. The monoisotopic (exact) mass is 1020 g/mol. The van der Waals surface area contributed by atoms with Gasteiger partial charge in [0, 0.05) is 44.2 Å². The van der Waals surface area contributed by atoms with Crippen molar-refractivity contribution < 1.29 is 38.7 Å². The van der Waals surface area contributed by atoms with Gasteiger partial charge in [0.25, 0.3) is 0 Å². The molecule has 32 N–H and O–H groups in total. The van der Waals surface area contributed by atoms with Gasteiger partial charge >= 0.3 is 5.97 Å². The van der Waals surface area contributed by atoms with Gasteiger partial charge in [0.15, 0.2) is 29.8 Å². The SMILES string of the molecule is NC(=O)[C@H](CCCN=C(N)N)NC(=O)C(CCCN=C(N)N)NC(=O)[C@H](CCCN=C(N)N)NC(=O)C(CCCN=C(N)N)NC(=O)[C@H](CCCN=C(N)N)NC(=O)C(N)CSSC[C@H](N)C(=O)O. The first-order chi connectivity index (χ1) is 32.4. The van der Waals surface area contributed by atoms with Crippen LogP contribution >= 0.6 is 21.6 Å². The molecule has 0 saturated heterocycles. The van der Waals surface area contributed by atoms with Crippen LogP contribution in [0.15, 0.2) is 25.0 Å². The van der Waals surface area contributed by atoms with Crippen molar-refractivity contribution >= 4 is 92.8 Å². The minimum Gasteiger partial charge on any atom is -0.480 e. The summed E-state index contributed by atoms with van der Waals surface area (Å²) in [5, 5.41) is 22.0. The molecular weight excluding hydrogens is 947 g/mol. The summed E-state index contributed by atoms with van der Waals surface area (Å²) in [6.45, 7) is 0.318. The standard InChI is InChI=1S/C36H73N23O8S2/c37-18(16-68-69-17-19(38)31(66)67)26(61)56-21(7-2-12-51-33(42)43)28(63)58-23(9-4-14-53-35(46)47)30(65)59-24(10-5-15-54-36(48)49)29(64)57-22(8-3-13-52-34(44)45)27(62)55-20(25(39)60)6-1-11-50-32(40)41/h18-24H,1-17,37-38H2,(H2,39,60)(H,55,62)(H,56,61)(H,57,64)(H,58,63)(H,59,65)(H,66,67)(H4,40,41,50)(H4,42,43,51)(H4,44,45,52)(H4,46,47,53)(H4,48,49,54)/t18?,19-,20-,21-,22?,23?,24-/m0/s1. The van der Waals surface area contributed by atoms with Gasteiger partial charge in [0.1, 0.15) is 36.3 Å². The lowest BCUT2D eigenvalue weighted by Gasteiger charge is -2.27. The number of carboxylic acid groups (broad SMARTS) is 1. The summed E-state index contributed by atoms with van der Waals surface area (Å²) >= 11 is 0. The maximum absolute atomic E-state index is 14.2. The number of nitrogens with one attached hydrogen (secondary N) is 5. The van der Waals surface area contributed by atoms with Crippen LogP contribution in [0.2, 0.25) is 0 Å². The van der Waals surface area contributed by atoms with Crippen molar-refractivity contribution in [3.8, 4) is 0 Å². The van der Waals surface area contributed by atoms with Gasteiger partial charge in [0.05, 0.1) is 6.04 Å². The van der Waals surface area contributed by atoms with Gasteiger partial charge in [-0.2, -0.15) is 0 Å². The number of guanidine groups is 5. The zero-order chi connectivity index (χ0) is 52.5. The van der Waals surface area contributed by atoms with Crippen molar-refractivity contribution in [1.82, 2.24) is 26.6 Å². The molecule has 0 aliphatic rings. The maximum Gasteiger partial charge on any atom is 0.321 e. The van der Waals surface area contributed by atoms with Crippen molar-refractivity contribution in [2.45, 2.75) is 107 Å². The predicted molar refractivity (Wildman–Crippen MR) is 267 cm³/mol. The van der Waals surface area contributed by atoms with Crippen molar-refractivity contribution in [2.24, 2.45) is 99.5 Å². The molecule has 6 amide bonds. The summed E-state index contributed by atoms with van der Waals surface area (Å²) in [4.78, 5) is 112. The van der Waals surface area contributed by atoms with Crippen molar-refractivity contribution in [3.05, 3.63) is 0 Å². The average Bonchev–Trinajstić information content (AvgIpc) is 3.26. The van der Waals surface area contributed by atoms with Crippen LogP contribution in [0.25, 0.3) is 0 Å². The molecule has 0 rings (SSSR count). The number of carboxylic acids is 1. The minimum absolute atomic E-state index is 0.0127. The van der Waals surface area contributed by atoms with Gasteiger partial charge in [0.2, 0.25) is 35.4 Å². The Morgan fingerprint density at radius 1 is 0.377 bits per heavy atom. The molecule has 31 nitrogen and oxygen atoms in total. The number of hydrogen-bond acceptors (Lipinski definition) is 16. The molecule has 3 unspecified atom stereocenters. The number of aliphatic carboxylic acids is 1. The van der Waals surface area contributed by atoms with E-state index < -0.39 is 83.7 Å². The van der Waals surface area contributed by atoms with E-state index in [9.17, 15) is 33.6 Å². The molecule has 0 radical (unpaired) electrons. The summed E-state index contributed by atoms with van der Waals surface area (Å²) in [5.41, 5.74) is 71.7. The molecule has 69 heavy (non-hydrogen) atoms. The van der Waals surface area contributed by atoms with E-state index in [2.05, 4.69) is 51.5 Å². The van der Waals surface area contributed by atoms with Crippen LogP contribution in [0.4, 0.5) is 0 Å². The molecular formula is C36H73N23O8S2. The first-order valence-corrected chi connectivity index (χ1v) is 24.0. The highest BCUT2D eigenvalue weighted by atomic mass is 33.1. The average molecular weight is 1020 g/mol. The second-order valence-corrected chi connectivity index (χ2v) is 17.6. The predicted octanol–water partition coefficient (Wildman–Crippen LogP) is -8.72. The van der Waals surface area contributed by atoms with Gasteiger partial charge < -0.3 is 106 Å². The normalized spacial score (nSPS) is 13.7. The summed E-state index contributed by atoms with van der Waals surface area (Å²) in [6, 6.07) is -8.89. The highest BCUT2D eigenvalue weighted by molar-refractivity contribution is 8.76. The smallest absolute Gasteiger partial charge is 0.321 e. The van der Waals surface area contributed by atoms with Crippen LogP contribution in [-0.2, 0) is 33.6 Å². The van der Waals surface area contributed by atoms with Crippen LogP contribution < -0.4 is 101 Å². The number of nitrogens with two attached hydrogens (primary N) is 13. The summed E-state index contributed by atoms with van der Waals surface area (Å²) in [5.74, 6) is -7.19. The summed E-state index contributed by atoms with van der Waals surface area (Å²) in [6.07, 6.45) is 0.639. The van der Waals surface area contributed by atoms with Gasteiger partial charge in [-0.25, -0.2) is 0 Å². The lowest BCUT2D eigenvalue weighted by atomic mass is 10.0. The minimum atomic E-state index is -1.39. The van der Waals surface area contributed by atoms with Crippen molar-refractivity contribution in [2.75, 3.05) is 44.2 Å². The Kier molecular flexibility index (Phi) is 32.0. The largest absolute Gasteiger partial charge is 0.480 e. The van der Waals surface area contributed by atoms with Crippen molar-refractivity contribution in [3.63, 3.8) is 0 Å². The van der Waals surface area contributed by atoms with E-state index in [1.54, 1.807) is 0 Å². The third-order valence-corrected chi connectivity index (χ3v) is 11.6. The fourth-order valence-electron chi connectivity index (χ4n) is 5.64. The Bertz CT molecular complexity index is 1800. The Hall–Kier alpha value is -6.74. The van der Waals surface area contributed by atoms with Crippen LogP contribution in [0.3, 0.4) is 0 Å². The van der Waals surface area contributed by atoms with Crippen molar-refractivity contribution in [1.29, 1.82) is 0 Å².